The number of hydrogen-bond donors (Lipinski definition) is 6. The molecule has 0 bridgehead atoms. The van der Waals surface area contributed by atoms with E-state index < -0.39 is 20.8 Å². The van der Waals surface area contributed by atoms with E-state index in [1.54, 1.807) is 0 Å². The van der Waals surface area contributed by atoms with Crippen LogP contribution in [0.4, 0.5) is 0 Å². The van der Waals surface area contributed by atoms with E-state index in [0.717, 1.165) is 12.2 Å². The summed E-state index contributed by atoms with van der Waals surface area (Å²) in [6.45, 7) is 6.56. The number of carbonyl (C=O) groups excluding carboxylic acids is 2. The number of rotatable bonds is 7. The third kappa shape index (κ3) is 28.9. The first-order valence-corrected chi connectivity index (χ1v) is 7.27. The first kappa shape index (κ1) is 29.1. The van der Waals surface area contributed by atoms with Crippen molar-refractivity contribution in [3.05, 3.63) is 25.3 Å². The molecule has 14 nitrogen and oxygen atoms in total. The Morgan fingerprint density at radius 2 is 1.13 bits per heavy atom. The van der Waals surface area contributed by atoms with E-state index in [2.05, 4.69) is 32.5 Å². The van der Waals surface area contributed by atoms with Crippen molar-refractivity contribution in [2.75, 3.05) is 6.67 Å². The van der Waals surface area contributed by atoms with Gasteiger partial charge in [0.1, 0.15) is 0 Å². The third-order valence-corrected chi connectivity index (χ3v) is 1.66. The molecule has 2 amide bonds. The lowest BCUT2D eigenvalue weighted by Crippen LogP contribution is -2.35. The number of amides is 2. The monoisotopic (exact) mass is 382 g/mol. The molecule has 23 heavy (non-hydrogen) atoms. The lowest BCUT2D eigenvalue weighted by molar-refractivity contribution is -0.118. The van der Waals surface area contributed by atoms with Crippen LogP contribution in [0.3, 0.4) is 0 Å². The van der Waals surface area contributed by atoms with Gasteiger partial charge in [-0.05, 0) is 12.2 Å². The molecule has 0 saturated carbocycles. The summed E-state index contributed by atoms with van der Waals surface area (Å²) in [7, 11) is -10.0. The minimum absolute atomic E-state index is 0. The van der Waals surface area contributed by atoms with E-state index >= 15 is 0 Å². The van der Waals surface area contributed by atoms with Crippen LogP contribution < -0.4 is 22.9 Å². The second-order valence-corrected chi connectivity index (χ2v) is 4.64. The van der Waals surface area contributed by atoms with Gasteiger partial charge in [0, 0.05) is 0 Å². The van der Waals surface area contributed by atoms with Crippen molar-refractivity contribution < 1.29 is 44.2 Å². The summed E-state index contributed by atoms with van der Waals surface area (Å²) in [5, 5.41) is 4.72. The van der Waals surface area contributed by atoms with Gasteiger partial charge in [-0.15, -0.1) is 0 Å². The van der Waals surface area contributed by atoms with Gasteiger partial charge in [-0.25, -0.2) is 0 Å². The molecule has 10 N–H and O–H groups in total. The summed E-state index contributed by atoms with van der Waals surface area (Å²) in [4.78, 5) is 21.0. The molecule has 0 aromatic carbocycles. The van der Waals surface area contributed by atoms with Crippen LogP contribution in [0.2, 0.25) is 0 Å². The molecule has 0 aromatic rings. The van der Waals surface area contributed by atoms with Crippen LogP contribution in [0.5, 0.6) is 0 Å². The Bertz CT molecular complexity index is 532. The molecule has 0 rings (SSSR count). The maximum Gasteiger partial charge on any atom is 0.425 e. The van der Waals surface area contributed by atoms with Crippen molar-refractivity contribution >= 4 is 32.6 Å². The Hall–Kier alpha value is -1.92. The maximum absolute atomic E-state index is 10.5. The van der Waals surface area contributed by atoms with Crippen LogP contribution in [0, 0.1) is 0 Å². The second-order valence-electron chi connectivity index (χ2n) is 2.66. The van der Waals surface area contributed by atoms with E-state index in [0.29, 0.717) is 0 Å². The Balaban J connectivity index is -0.000000145. The highest BCUT2D eigenvalue weighted by atomic mass is 32.3. The van der Waals surface area contributed by atoms with Crippen molar-refractivity contribution in [3.8, 4) is 0 Å². The van der Waals surface area contributed by atoms with E-state index in [-0.39, 0.29) is 30.8 Å². The predicted molar refractivity (Wildman–Crippen MR) is 76.9 cm³/mol. The predicted octanol–water partition coefficient (Wildman–Crippen LogP) is -1.59. The Morgan fingerprint density at radius 3 is 1.30 bits per heavy atom. The molecule has 0 fully saturated rings. The molecule has 0 saturated heterocycles. The van der Waals surface area contributed by atoms with Gasteiger partial charge in [-0.2, -0.15) is 16.8 Å². The first-order chi connectivity index (χ1) is 9.41. The first-order valence-electron chi connectivity index (χ1n) is 4.54. The molecule has 0 unspecified atom stereocenters. The fraction of sp³-hybridized carbons (Fsp3) is 0.143. The van der Waals surface area contributed by atoms with Gasteiger partial charge in [0.25, 0.3) is 0 Å². The average molecular weight is 382 g/mol. The highest BCUT2D eigenvalue weighted by Crippen LogP contribution is 1.92. The molecule has 0 spiro atoms. The van der Waals surface area contributed by atoms with Crippen LogP contribution in [0.15, 0.2) is 25.3 Å². The molecule has 0 heterocycles. The van der Waals surface area contributed by atoms with E-state index in [1.807, 2.05) is 0 Å². The number of hydrogen-bond acceptors (Lipinski definition) is 10. The molecule has 0 atom stereocenters. The van der Waals surface area contributed by atoms with Gasteiger partial charge in [-0.1, -0.05) is 21.8 Å². The SMILES string of the molecule is C=CC(=O)NCNC(=O)C=C.N.N.O=S(=O)(O)OOS(=O)(=O)O. The fourth-order valence-electron chi connectivity index (χ4n) is 0.433. The lowest BCUT2D eigenvalue weighted by Gasteiger charge is -2.01. The van der Waals surface area contributed by atoms with Gasteiger partial charge in [-0.3, -0.25) is 18.7 Å². The smallest absolute Gasteiger partial charge is 0.344 e. The molecule has 0 aliphatic rings. The molecular formula is C7H18N4O10S2. The fourth-order valence-corrected chi connectivity index (χ4v) is 0.995. The van der Waals surface area contributed by atoms with Crippen molar-refractivity contribution in [3.63, 3.8) is 0 Å². The van der Waals surface area contributed by atoms with Crippen molar-refractivity contribution in [2.45, 2.75) is 0 Å². The van der Waals surface area contributed by atoms with Crippen molar-refractivity contribution in [2.24, 2.45) is 0 Å². The zero-order valence-corrected chi connectivity index (χ0v) is 13.3. The summed E-state index contributed by atoms with van der Waals surface area (Å²) >= 11 is 0. The zero-order chi connectivity index (χ0) is 17.1. The molecule has 16 heteroatoms. The molecular weight excluding hydrogens is 364 g/mol. The van der Waals surface area contributed by atoms with Crippen LogP contribution in [-0.2, 0) is 39.1 Å². The summed E-state index contributed by atoms with van der Waals surface area (Å²) < 4.78 is 58.9. The van der Waals surface area contributed by atoms with Crippen molar-refractivity contribution in [1.82, 2.24) is 22.9 Å². The summed E-state index contributed by atoms with van der Waals surface area (Å²) in [6.07, 6.45) is 2.25. The van der Waals surface area contributed by atoms with E-state index in [9.17, 15) is 26.4 Å². The minimum Gasteiger partial charge on any atom is -0.344 e. The van der Waals surface area contributed by atoms with Crippen LogP contribution in [0.25, 0.3) is 0 Å². The Labute approximate surface area is 132 Å². The molecule has 138 valence electrons. The quantitative estimate of drug-likeness (QED) is 0.0957. The molecule has 0 aromatic heterocycles. The zero-order valence-electron chi connectivity index (χ0n) is 11.7. The van der Waals surface area contributed by atoms with Crippen LogP contribution in [0.1, 0.15) is 0 Å². The second kappa shape index (κ2) is 13.7. The highest BCUT2D eigenvalue weighted by Gasteiger charge is 2.13. The maximum atomic E-state index is 10.5. The number of carbonyl (C=O) groups is 2. The van der Waals surface area contributed by atoms with Crippen LogP contribution >= 0.6 is 0 Å². The summed E-state index contributed by atoms with van der Waals surface area (Å²) in [5.74, 6) is -0.649. The van der Waals surface area contributed by atoms with Gasteiger partial charge in [0.2, 0.25) is 11.8 Å². The minimum atomic E-state index is -5.02. The van der Waals surface area contributed by atoms with E-state index in [1.165, 1.54) is 0 Å². The number of nitrogens with one attached hydrogen (secondary N) is 2. The van der Waals surface area contributed by atoms with Gasteiger partial charge in [0.05, 0.1) is 6.67 Å². The van der Waals surface area contributed by atoms with Gasteiger partial charge >= 0.3 is 20.8 Å². The Kier molecular flexibility index (Phi) is 17.4. The normalized spacial score (nSPS) is 9.65. The third-order valence-electron chi connectivity index (χ3n) is 1.10. The summed E-state index contributed by atoms with van der Waals surface area (Å²) in [6, 6.07) is 0. The van der Waals surface area contributed by atoms with Gasteiger partial charge < -0.3 is 22.9 Å². The van der Waals surface area contributed by atoms with Crippen LogP contribution in [-0.4, -0.2) is 44.4 Å². The molecule has 0 radical (unpaired) electrons. The lowest BCUT2D eigenvalue weighted by atomic mass is 10.5. The average Bonchev–Trinajstić information content (AvgIpc) is 2.35. The Morgan fingerprint density at radius 1 is 0.870 bits per heavy atom. The molecule has 0 aliphatic carbocycles. The van der Waals surface area contributed by atoms with Crippen molar-refractivity contribution in [1.29, 1.82) is 0 Å². The summed E-state index contributed by atoms with van der Waals surface area (Å²) in [5.41, 5.74) is 0. The largest absolute Gasteiger partial charge is 0.425 e. The van der Waals surface area contributed by atoms with Gasteiger partial charge in [0.15, 0.2) is 0 Å². The van der Waals surface area contributed by atoms with E-state index in [4.69, 9.17) is 9.11 Å². The topological polar surface area (TPSA) is 255 Å². The standard InChI is InChI=1S/C7H10N2O2.2H3N.H2O8S2/c1-3-6(10)8-5-9-7(11)4-2;;;1-9(2,3)7-8-10(4,5)6/h3-4H,1-2,5H2,(H,8,10)(H,9,11);2*1H3;(H,1,2,3)(H,4,5,6). The highest BCUT2D eigenvalue weighted by molar-refractivity contribution is 7.83. The molecule has 0 aliphatic heterocycles.